The third kappa shape index (κ3) is 3.79. The fourth-order valence-corrected chi connectivity index (χ4v) is 3.45. The van der Waals surface area contributed by atoms with Gasteiger partial charge in [0.05, 0.1) is 17.0 Å². The molecule has 1 amide bonds. The minimum absolute atomic E-state index is 0.0708. The number of carbonyl (C=O) groups is 2. The number of amides is 1. The summed E-state index contributed by atoms with van der Waals surface area (Å²) in [4.78, 5) is 40.6. The molecule has 2 aromatic heterocycles. The Morgan fingerprint density at radius 2 is 1.86 bits per heavy atom. The van der Waals surface area contributed by atoms with Crippen LogP contribution in [0.3, 0.4) is 0 Å². The van der Waals surface area contributed by atoms with Gasteiger partial charge in [-0.2, -0.15) is 0 Å². The van der Waals surface area contributed by atoms with Crippen molar-refractivity contribution < 1.29 is 19.4 Å². The lowest BCUT2D eigenvalue weighted by Crippen LogP contribution is -2.51. The molecule has 2 aromatic rings. The number of carboxylic acid groups (broad SMARTS) is 1. The Morgan fingerprint density at radius 3 is 2.57 bits per heavy atom. The molecule has 0 bridgehead atoms. The molecule has 2 saturated heterocycles. The highest BCUT2D eigenvalue weighted by Gasteiger charge is 2.30. The van der Waals surface area contributed by atoms with Crippen LogP contribution in [0, 0.1) is 0 Å². The van der Waals surface area contributed by atoms with Crippen LogP contribution in [0.2, 0.25) is 0 Å². The fourth-order valence-electron chi connectivity index (χ4n) is 3.45. The Kier molecular flexibility index (Phi) is 5.16. The molecular formula is C19H21N5O4. The molecule has 1 N–H and O–H groups in total. The molecule has 146 valence electrons. The van der Waals surface area contributed by atoms with Crippen LogP contribution in [0.5, 0.6) is 0 Å². The van der Waals surface area contributed by atoms with Gasteiger partial charge in [0.2, 0.25) is 5.95 Å². The van der Waals surface area contributed by atoms with Crippen LogP contribution in [-0.4, -0.2) is 75.7 Å². The molecular weight excluding hydrogens is 362 g/mol. The van der Waals surface area contributed by atoms with Gasteiger partial charge in [-0.25, -0.2) is 14.8 Å². The summed E-state index contributed by atoms with van der Waals surface area (Å²) in [7, 11) is 0. The van der Waals surface area contributed by atoms with Crippen molar-refractivity contribution in [2.75, 3.05) is 37.7 Å². The molecule has 9 nitrogen and oxygen atoms in total. The van der Waals surface area contributed by atoms with Crippen LogP contribution in [0.1, 0.15) is 23.2 Å². The first-order valence-electron chi connectivity index (χ1n) is 9.30. The lowest BCUT2D eigenvalue weighted by Gasteiger charge is -2.35. The maximum absolute atomic E-state index is 12.5. The number of carbonyl (C=O) groups excluding carboxylic acids is 1. The first kappa shape index (κ1) is 18.3. The van der Waals surface area contributed by atoms with Crippen LogP contribution < -0.4 is 4.90 Å². The van der Waals surface area contributed by atoms with Crippen LogP contribution >= 0.6 is 0 Å². The van der Waals surface area contributed by atoms with Gasteiger partial charge >= 0.3 is 5.97 Å². The number of ether oxygens (including phenoxy) is 1. The van der Waals surface area contributed by atoms with E-state index in [2.05, 4.69) is 15.0 Å². The summed E-state index contributed by atoms with van der Waals surface area (Å²) >= 11 is 0. The van der Waals surface area contributed by atoms with Gasteiger partial charge in [-0.05, 0) is 31.0 Å². The van der Waals surface area contributed by atoms with Crippen LogP contribution in [-0.2, 0) is 9.53 Å². The highest BCUT2D eigenvalue weighted by Crippen LogP contribution is 2.20. The van der Waals surface area contributed by atoms with Gasteiger partial charge in [0.15, 0.2) is 0 Å². The average Bonchev–Trinajstić information content (AvgIpc) is 3.28. The summed E-state index contributed by atoms with van der Waals surface area (Å²) < 4.78 is 5.49. The first-order valence-corrected chi connectivity index (χ1v) is 9.30. The topological polar surface area (TPSA) is 109 Å². The quantitative estimate of drug-likeness (QED) is 0.835. The van der Waals surface area contributed by atoms with E-state index >= 15 is 0 Å². The lowest BCUT2D eigenvalue weighted by atomic mass is 10.2. The highest BCUT2D eigenvalue weighted by atomic mass is 16.5. The van der Waals surface area contributed by atoms with Gasteiger partial charge in [0.1, 0.15) is 6.10 Å². The zero-order valence-electron chi connectivity index (χ0n) is 15.3. The molecule has 0 spiro atoms. The SMILES string of the molecule is O=C(O)c1ccnc(-c2ccnc(N3CCN(C(=O)C4CCCO4)CC3)n2)c1. The van der Waals surface area contributed by atoms with Gasteiger partial charge in [0, 0.05) is 45.2 Å². The summed E-state index contributed by atoms with van der Waals surface area (Å²) in [6.07, 6.45) is 4.53. The molecule has 0 aromatic carbocycles. The van der Waals surface area contributed by atoms with Crippen molar-refractivity contribution in [2.24, 2.45) is 0 Å². The number of pyridine rings is 1. The standard InChI is InChI=1S/C19H21N5O4/c25-17(16-2-1-11-28-16)23-7-9-24(10-8-23)19-21-6-4-14(22-19)15-12-13(18(26)27)3-5-20-15/h3-6,12,16H,1-2,7-11H2,(H,26,27). The Bertz CT molecular complexity index is 876. The van der Waals surface area contributed by atoms with Gasteiger partial charge < -0.3 is 19.6 Å². The minimum atomic E-state index is -1.01. The van der Waals surface area contributed by atoms with Gasteiger partial charge in [0.25, 0.3) is 5.91 Å². The van der Waals surface area contributed by atoms with E-state index in [0.717, 1.165) is 12.8 Å². The number of rotatable bonds is 4. The number of nitrogens with zero attached hydrogens (tertiary/aromatic N) is 5. The number of anilines is 1. The molecule has 0 aliphatic carbocycles. The zero-order chi connectivity index (χ0) is 19.5. The molecule has 1 atom stereocenters. The van der Waals surface area contributed by atoms with Crippen LogP contribution in [0.25, 0.3) is 11.4 Å². The number of piperazine rings is 1. The average molecular weight is 383 g/mol. The molecule has 9 heteroatoms. The van der Waals surface area contributed by atoms with Crippen molar-refractivity contribution in [3.63, 3.8) is 0 Å². The maximum Gasteiger partial charge on any atom is 0.335 e. The van der Waals surface area contributed by atoms with E-state index in [0.29, 0.717) is 50.1 Å². The van der Waals surface area contributed by atoms with E-state index in [1.54, 1.807) is 12.3 Å². The third-order valence-corrected chi connectivity index (χ3v) is 4.99. The predicted molar refractivity (Wildman–Crippen MR) is 100.0 cm³/mol. The van der Waals surface area contributed by atoms with E-state index < -0.39 is 5.97 Å². The number of aromatic nitrogens is 3. The summed E-state index contributed by atoms with van der Waals surface area (Å²) in [5.74, 6) is -0.393. The summed E-state index contributed by atoms with van der Waals surface area (Å²) in [6.45, 7) is 3.11. The number of hydrogen-bond donors (Lipinski definition) is 1. The molecule has 2 fully saturated rings. The van der Waals surface area contributed by atoms with Crippen LogP contribution in [0.4, 0.5) is 5.95 Å². The molecule has 2 aliphatic heterocycles. The molecule has 0 radical (unpaired) electrons. The third-order valence-electron chi connectivity index (χ3n) is 4.99. The largest absolute Gasteiger partial charge is 0.478 e. The molecule has 28 heavy (non-hydrogen) atoms. The molecule has 4 rings (SSSR count). The molecule has 0 saturated carbocycles. The molecule has 2 aliphatic rings. The van der Waals surface area contributed by atoms with Crippen molar-refractivity contribution in [3.05, 3.63) is 36.2 Å². The second-order valence-corrected chi connectivity index (χ2v) is 6.79. The van der Waals surface area contributed by atoms with Crippen molar-refractivity contribution in [3.8, 4) is 11.4 Å². The Morgan fingerprint density at radius 1 is 1.07 bits per heavy atom. The summed E-state index contributed by atoms with van der Waals surface area (Å²) in [5.41, 5.74) is 1.20. The van der Waals surface area contributed by atoms with Crippen LogP contribution in [0.15, 0.2) is 30.6 Å². The molecule has 1 unspecified atom stereocenters. The maximum atomic E-state index is 12.5. The van der Waals surface area contributed by atoms with E-state index in [4.69, 9.17) is 9.84 Å². The number of hydrogen-bond acceptors (Lipinski definition) is 7. The normalized spacial score (nSPS) is 19.6. The van der Waals surface area contributed by atoms with E-state index in [9.17, 15) is 9.59 Å². The predicted octanol–water partition coefficient (Wildman–Crippen LogP) is 1.06. The van der Waals surface area contributed by atoms with Gasteiger partial charge in [-0.3, -0.25) is 9.78 Å². The van der Waals surface area contributed by atoms with Gasteiger partial charge in [-0.1, -0.05) is 0 Å². The van der Waals surface area contributed by atoms with E-state index in [-0.39, 0.29) is 17.6 Å². The van der Waals surface area contributed by atoms with E-state index in [1.165, 1.54) is 18.3 Å². The lowest BCUT2D eigenvalue weighted by molar-refractivity contribution is -0.141. The number of aromatic carboxylic acids is 1. The van der Waals surface area contributed by atoms with Crippen molar-refractivity contribution in [2.45, 2.75) is 18.9 Å². The second kappa shape index (κ2) is 7.89. The first-order chi connectivity index (χ1) is 13.6. The summed E-state index contributed by atoms with van der Waals surface area (Å²) in [6, 6.07) is 4.64. The van der Waals surface area contributed by atoms with E-state index in [1.807, 2.05) is 9.80 Å². The monoisotopic (exact) mass is 383 g/mol. The fraction of sp³-hybridized carbons (Fsp3) is 0.421. The minimum Gasteiger partial charge on any atom is -0.478 e. The molecule has 4 heterocycles. The second-order valence-electron chi connectivity index (χ2n) is 6.79. The Hall–Kier alpha value is -3.07. The zero-order valence-corrected chi connectivity index (χ0v) is 15.3. The Labute approximate surface area is 162 Å². The van der Waals surface area contributed by atoms with Gasteiger partial charge in [-0.15, -0.1) is 0 Å². The van der Waals surface area contributed by atoms with Crippen molar-refractivity contribution in [1.82, 2.24) is 19.9 Å². The van der Waals surface area contributed by atoms with Crippen molar-refractivity contribution in [1.29, 1.82) is 0 Å². The summed E-state index contributed by atoms with van der Waals surface area (Å²) in [5, 5.41) is 9.15. The van der Waals surface area contributed by atoms with Crippen molar-refractivity contribution >= 4 is 17.8 Å². The Balaban J connectivity index is 1.45. The smallest absolute Gasteiger partial charge is 0.335 e. The number of carboxylic acids is 1. The highest BCUT2D eigenvalue weighted by molar-refractivity contribution is 5.88.